The van der Waals surface area contributed by atoms with Crippen LogP contribution in [0.25, 0.3) is 0 Å². The minimum absolute atomic E-state index is 0.401. The van der Waals surface area contributed by atoms with Gasteiger partial charge in [-0.1, -0.05) is 43.4 Å². The van der Waals surface area contributed by atoms with Crippen molar-refractivity contribution in [2.75, 3.05) is 7.11 Å². The summed E-state index contributed by atoms with van der Waals surface area (Å²) in [5, 5.41) is 10.7. The van der Waals surface area contributed by atoms with E-state index in [1.165, 1.54) is 25.7 Å². The van der Waals surface area contributed by atoms with Crippen molar-refractivity contribution in [1.82, 2.24) is 0 Å². The first-order valence-electron chi connectivity index (χ1n) is 6.22. The largest absolute Gasteiger partial charge is 0.495 e. The summed E-state index contributed by atoms with van der Waals surface area (Å²) in [6.45, 7) is 0. The molecule has 0 amide bonds. The summed E-state index contributed by atoms with van der Waals surface area (Å²) < 4.78 is 5.10. The van der Waals surface area contributed by atoms with Crippen LogP contribution >= 0.6 is 11.6 Å². The maximum absolute atomic E-state index is 10.2. The first-order valence-corrected chi connectivity index (χ1v) is 6.60. The minimum Gasteiger partial charge on any atom is -0.495 e. The summed E-state index contributed by atoms with van der Waals surface area (Å²) >= 11 is 6.05. The molecule has 0 bridgehead atoms. The van der Waals surface area contributed by atoms with Crippen LogP contribution in [0.2, 0.25) is 5.02 Å². The highest BCUT2D eigenvalue weighted by Crippen LogP contribution is 2.34. The third-order valence-corrected chi connectivity index (χ3v) is 3.89. The maximum Gasteiger partial charge on any atom is 0.137 e. The van der Waals surface area contributed by atoms with Crippen LogP contribution in [0.3, 0.4) is 0 Å². The van der Waals surface area contributed by atoms with E-state index in [-0.39, 0.29) is 0 Å². The fraction of sp³-hybridized carbons (Fsp3) is 0.571. The average molecular weight is 255 g/mol. The average Bonchev–Trinajstić information content (AvgIpc) is 2.81. The third kappa shape index (κ3) is 3.14. The third-order valence-electron chi connectivity index (χ3n) is 3.59. The number of halogens is 1. The second-order valence-electron chi connectivity index (χ2n) is 4.80. The zero-order chi connectivity index (χ0) is 12.3. The highest BCUT2D eigenvalue weighted by atomic mass is 35.5. The molecule has 2 nitrogen and oxygen atoms in total. The molecule has 0 spiro atoms. The van der Waals surface area contributed by atoms with E-state index in [2.05, 4.69) is 0 Å². The maximum atomic E-state index is 10.2. The number of hydrogen-bond acceptors (Lipinski definition) is 2. The fourth-order valence-corrected chi connectivity index (χ4v) is 2.85. The SMILES string of the molecule is COc1ccc(C(O)CC2CCCC2)cc1Cl. The van der Waals surface area contributed by atoms with Crippen molar-refractivity contribution in [2.45, 2.75) is 38.2 Å². The topological polar surface area (TPSA) is 29.5 Å². The van der Waals surface area contributed by atoms with Crippen LogP contribution in [0.15, 0.2) is 18.2 Å². The monoisotopic (exact) mass is 254 g/mol. The molecule has 1 saturated carbocycles. The van der Waals surface area contributed by atoms with Gasteiger partial charge >= 0.3 is 0 Å². The van der Waals surface area contributed by atoms with Gasteiger partial charge in [0.15, 0.2) is 0 Å². The molecular weight excluding hydrogens is 236 g/mol. The molecule has 0 radical (unpaired) electrons. The van der Waals surface area contributed by atoms with E-state index in [0.29, 0.717) is 16.7 Å². The summed E-state index contributed by atoms with van der Waals surface area (Å²) in [5.74, 6) is 1.33. The molecule has 0 aromatic heterocycles. The van der Waals surface area contributed by atoms with Crippen molar-refractivity contribution in [1.29, 1.82) is 0 Å². The molecule has 94 valence electrons. The van der Waals surface area contributed by atoms with Crippen molar-refractivity contribution in [3.8, 4) is 5.75 Å². The number of rotatable bonds is 4. The van der Waals surface area contributed by atoms with E-state index in [1.807, 2.05) is 12.1 Å². The Kier molecular flexibility index (Phi) is 4.30. The highest BCUT2D eigenvalue weighted by Gasteiger charge is 2.20. The lowest BCUT2D eigenvalue weighted by Crippen LogP contribution is -2.04. The number of ether oxygens (including phenoxy) is 1. The quantitative estimate of drug-likeness (QED) is 0.881. The lowest BCUT2D eigenvalue weighted by Gasteiger charge is -2.16. The van der Waals surface area contributed by atoms with Gasteiger partial charge in [0.25, 0.3) is 0 Å². The molecular formula is C14H19ClO2. The Bertz CT molecular complexity index is 372. The summed E-state index contributed by atoms with van der Waals surface area (Å²) in [4.78, 5) is 0. The van der Waals surface area contributed by atoms with E-state index in [4.69, 9.17) is 16.3 Å². The van der Waals surface area contributed by atoms with Crippen LogP contribution < -0.4 is 4.74 Å². The minimum atomic E-state index is -0.401. The molecule has 17 heavy (non-hydrogen) atoms. The van der Waals surface area contributed by atoms with Crippen LogP contribution in [0.1, 0.15) is 43.8 Å². The molecule has 2 rings (SSSR count). The molecule has 1 N–H and O–H groups in total. The fourth-order valence-electron chi connectivity index (χ4n) is 2.59. The second kappa shape index (κ2) is 5.74. The second-order valence-corrected chi connectivity index (χ2v) is 5.20. The van der Waals surface area contributed by atoms with Gasteiger partial charge in [0.2, 0.25) is 0 Å². The highest BCUT2D eigenvalue weighted by molar-refractivity contribution is 6.32. The van der Waals surface area contributed by atoms with E-state index < -0.39 is 6.10 Å². The van der Waals surface area contributed by atoms with Gasteiger partial charge < -0.3 is 9.84 Å². The van der Waals surface area contributed by atoms with Crippen molar-refractivity contribution in [3.63, 3.8) is 0 Å². The van der Waals surface area contributed by atoms with E-state index in [1.54, 1.807) is 13.2 Å². The molecule has 1 aromatic carbocycles. The predicted octanol–water partition coefficient (Wildman–Crippen LogP) is 3.96. The van der Waals surface area contributed by atoms with Gasteiger partial charge in [-0.05, 0) is 30.0 Å². The zero-order valence-electron chi connectivity index (χ0n) is 10.2. The Balaban J connectivity index is 2.02. The summed E-state index contributed by atoms with van der Waals surface area (Å²) in [6, 6.07) is 5.51. The van der Waals surface area contributed by atoms with Gasteiger partial charge in [0.1, 0.15) is 5.75 Å². The number of aliphatic hydroxyl groups excluding tert-OH is 1. The van der Waals surface area contributed by atoms with Crippen molar-refractivity contribution in [3.05, 3.63) is 28.8 Å². The zero-order valence-corrected chi connectivity index (χ0v) is 10.9. The summed E-state index contributed by atoms with van der Waals surface area (Å²) in [5.41, 5.74) is 0.891. The molecule has 0 saturated heterocycles. The predicted molar refractivity (Wildman–Crippen MR) is 69.5 cm³/mol. The summed E-state index contributed by atoms with van der Waals surface area (Å²) in [6.07, 6.45) is 5.56. The van der Waals surface area contributed by atoms with Crippen molar-refractivity contribution in [2.24, 2.45) is 5.92 Å². The van der Waals surface area contributed by atoms with Crippen LogP contribution in [-0.2, 0) is 0 Å². The van der Waals surface area contributed by atoms with Gasteiger partial charge in [0.05, 0.1) is 18.2 Å². The van der Waals surface area contributed by atoms with Crippen molar-refractivity contribution >= 4 is 11.6 Å². The van der Waals surface area contributed by atoms with Gasteiger partial charge in [0, 0.05) is 0 Å². The number of benzene rings is 1. The lowest BCUT2D eigenvalue weighted by molar-refractivity contribution is 0.145. The Morgan fingerprint density at radius 2 is 2.12 bits per heavy atom. The van der Waals surface area contributed by atoms with Gasteiger partial charge in [-0.2, -0.15) is 0 Å². The lowest BCUT2D eigenvalue weighted by atomic mass is 9.96. The van der Waals surface area contributed by atoms with Gasteiger partial charge in [-0.25, -0.2) is 0 Å². The van der Waals surface area contributed by atoms with Crippen LogP contribution in [0, 0.1) is 5.92 Å². The standard InChI is InChI=1S/C14H19ClO2/c1-17-14-7-6-11(9-12(14)15)13(16)8-10-4-2-3-5-10/h6-7,9-10,13,16H,2-5,8H2,1H3. The molecule has 1 unspecified atom stereocenters. The van der Waals surface area contributed by atoms with Gasteiger partial charge in [-0.15, -0.1) is 0 Å². The van der Waals surface area contributed by atoms with Crippen LogP contribution in [0.4, 0.5) is 0 Å². The summed E-state index contributed by atoms with van der Waals surface area (Å²) in [7, 11) is 1.59. The first-order chi connectivity index (χ1) is 8.20. The molecule has 3 heteroatoms. The molecule has 1 fully saturated rings. The van der Waals surface area contributed by atoms with E-state index in [9.17, 15) is 5.11 Å². The molecule has 0 heterocycles. The van der Waals surface area contributed by atoms with Crippen LogP contribution in [-0.4, -0.2) is 12.2 Å². The Hall–Kier alpha value is -0.730. The molecule has 1 atom stereocenters. The Morgan fingerprint density at radius 1 is 1.41 bits per heavy atom. The Labute approximate surface area is 108 Å². The van der Waals surface area contributed by atoms with Crippen LogP contribution in [0.5, 0.6) is 5.75 Å². The number of methoxy groups -OCH3 is 1. The normalized spacial score (nSPS) is 18.3. The molecule has 1 aliphatic rings. The first kappa shape index (κ1) is 12.7. The number of hydrogen-bond donors (Lipinski definition) is 1. The van der Waals surface area contributed by atoms with E-state index >= 15 is 0 Å². The number of aliphatic hydroxyl groups is 1. The molecule has 0 aliphatic heterocycles. The smallest absolute Gasteiger partial charge is 0.137 e. The van der Waals surface area contributed by atoms with Gasteiger partial charge in [-0.3, -0.25) is 0 Å². The Morgan fingerprint density at radius 3 is 2.71 bits per heavy atom. The molecule has 1 aliphatic carbocycles. The van der Waals surface area contributed by atoms with E-state index in [0.717, 1.165) is 12.0 Å². The molecule has 1 aromatic rings. The van der Waals surface area contributed by atoms with Crippen molar-refractivity contribution < 1.29 is 9.84 Å².